The molecule has 1 aromatic rings. The molecule has 1 saturated heterocycles. The molecule has 118 valence electrons. The number of hydrogen-bond donors (Lipinski definition) is 0. The van der Waals surface area contributed by atoms with E-state index in [2.05, 4.69) is 0 Å². The first-order valence-electron chi connectivity index (χ1n) is 7.27. The van der Waals surface area contributed by atoms with E-state index in [4.69, 9.17) is 14.3 Å². The van der Waals surface area contributed by atoms with Gasteiger partial charge >= 0.3 is 0 Å². The minimum atomic E-state index is -0.282. The summed E-state index contributed by atoms with van der Waals surface area (Å²) in [7, 11) is 1.69. The lowest BCUT2D eigenvalue weighted by atomic mass is 10.2. The van der Waals surface area contributed by atoms with E-state index in [0.29, 0.717) is 12.4 Å². The van der Waals surface area contributed by atoms with Crippen LogP contribution in [-0.2, 0) is 9.57 Å². The molecule has 2 rings (SSSR count). The molecule has 21 heavy (non-hydrogen) atoms. The highest BCUT2D eigenvalue weighted by Crippen LogP contribution is 2.28. The highest BCUT2D eigenvalue weighted by Gasteiger charge is 2.37. The van der Waals surface area contributed by atoms with Crippen LogP contribution in [0.25, 0.3) is 0 Å². The van der Waals surface area contributed by atoms with E-state index in [1.165, 1.54) is 12.1 Å². The number of ether oxygens (including phenoxy) is 2. The van der Waals surface area contributed by atoms with E-state index >= 15 is 0 Å². The lowest BCUT2D eigenvalue weighted by molar-refractivity contribution is -0.295. The Kier molecular flexibility index (Phi) is 5.19. The lowest BCUT2D eigenvalue weighted by Crippen LogP contribution is -2.44. The third-order valence-corrected chi connectivity index (χ3v) is 3.30. The number of hydroxylamine groups is 2. The fraction of sp³-hybridized carbons (Fsp3) is 0.625. The van der Waals surface area contributed by atoms with Gasteiger partial charge in [0.1, 0.15) is 24.4 Å². The second-order valence-electron chi connectivity index (χ2n) is 6.25. The summed E-state index contributed by atoms with van der Waals surface area (Å²) in [5, 5.41) is 1.89. The molecule has 0 saturated carbocycles. The Bertz CT molecular complexity index is 444. The normalized spacial score (nSPS) is 23.5. The zero-order valence-corrected chi connectivity index (χ0v) is 13.1. The maximum absolute atomic E-state index is 12.9. The zero-order valence-electron chi connectivity index (χ0n) is 13.1. The van der Waals surface area contributed by atoms with Gasteiger partial charge in [-0.25, -0.2) is 4.39 Å². The molecule has 0 bridgehead atoms. The number of halogens is 1. The van der Waals surface area contributed by atoms with Crippen molar-refractivity contribution < 1.29 is 18.7 Å². The van der Waals surface area contributed by atoms with Crippen LogP contribution in [0, 0.1) is 5.82 Å². The van der Waals surface area contributed by atoms with Gasteiger partial charge in [-0.1, -0.05) is 0 Å². The van der Waals surface area contributed by atoms with E-state index in [-0.39, 0.29) is 23.7 Å². The van der Waals surface area contributed by atoms with Gasteiger partial charge in [-0.2, -0.15) is 5.06 Å². The summed E-state index contributed by atoms with van der Waals surface area (Å²) in [6, 6.07) is 6.18. The molecule has 0 amide bonds. The number of rotatable bonds is 5. The van der Waals surface area contributed by atoms with Crippen molar-refractivity contribution in [2.75, 3.05) is 13.7 Å². The zero-order chi connectivity index (χ0) is 15.5. The smallest absolute Gasteiger partial charge is 0.133 e. The molecule has 0 aromatic heterocycles. The van der Waals surface area contributed by atoms with Gasteiger partial charge in [0.15, 0.2) is 0 Å². The molecule has 1 aliphatic heterocycles. The van der Waals surface area contributed by atoms with Gasteiger partial charge in [-0.15, -0.1) is 0 Å². The SMILES string of the molecule is COC1CC[C@@H](COc2ccc(F)cc2)N1OC(C)(C)C. The number of nitrogens with zero attached hydrogens (tertiary/aromatic N) is 1. The molecule has 1 aromatic carbocycles. The Morgan fingerprint density at radius 3 is 2.43 bits per heavy atom. The second-order valence-corrected chi connectivity index (χ2v) is 6.25. The molecule has 5 heteroatoms. The van der Waals surface area contributed by atoms with E-state index in [1.807, 2.05) is 25.8 Å². The average molecular weight is 297 g/mol. The van der Waals surface area contributed by atoms with Crippen molar-refractivity contribution in [3.63, 3.8) is 0 Å². The lowest BCUT2D eigenvalue weighted by Gasteiger charge is -2.34. The standard InChI is InChI=1S/C16H24FNO3/c1-16(2,3)21-18-13(7-10-15(18)19-4)11-20-14-8-5-12(17)6-9-14/h5-6,8-9,13,15H,7,10-11H2,1-4H3/t13-,15?/m0/s1. The minimum Gasteiger partial charge on any atom is -0.492 e. The van der Waals surface area contributed by atoms with Crippen LogP contribution < -0.4 is 4.74 Å². The van der Waals surface area contributed by atoms with E-state index in [9.17, 15) is 4.39 Å². The van der Waals surface area contributed by atoms with Crippen molar-refractivity contribution in [2.45, 2.75) is 51.5 Å². The topological polar surface area (TPSA) is 30.9 Å². The number of hydrogen-bond acceptors (Lipinski definition) is 4. The molecular formula is C16H24FNO3. The van der Waals surface area contributed by atoms with Crippen LogP contribution in [0.1, 0.15) is 33.6 Å². The summed E-state index contributed by atoms with van der Waals surface area (Å²) in [4.78, 5) is 5.99. The van der Waals surface area contributed by atoms with Crippen LogP contribution >= 0.6 is 0 Å². The van der Waals surface area contributed by atoms with Crippen molar-refractivity contribution in [3.8, 4) is 5.75 Å². The molecule has 1 aliphatic rings. The molecular weight excluding hydrogens is 273 g/mol. The van der Waals surface area contributed by atoms with E-state index < -0.39 is 0 Å². The van der Waals surface area contributed by atoms with Gasteiger partial charge in [0.05, 0.1) is 11.6 Å². The van der Waals surface area contributed by atoms with Gasteiger partial charge in [0, 0.05) is 7.11 Å². The van der Waals surface area contributed by atoms with Crippen LogP contribution in [-0.4, -0.2) is 36.7 Å². The largest absolute Gasteiger partial charge is 0.492 e. The molecule has 0 radical (unpaired) electrons. The highest BCUT2D eigenvalue weighted by molar-refractivity contribution is 5.22. The first kappa shape index (κ1) is 16.2. The minimum absolute atomic E-state index is 0.0500. The number of benzene rings is 1. The molecule has 0 N–H and O–H groups in total. The predicted molar refractivity (Wildman–Crippen MR) is 78.4 cm³/mol. The maximum atomic E-state index is 12.9. The van der Waals surface area contributed by atoms with Gasteiger partial charge in [-0.3, -0.25) is 4.84 Å². The average Bonchev–Trinajstić information content (AvgIpc) is 2.78. The Morgan fingerprint density at radius 2 is 1.86 bits per heavy atom. The predicted octanol–water partition coefficient (Wildman–Crippen LogP) is 3.37. The van der Waals surface area contributed by atoms with Gasteiger partial charge < -0.3 is 9.47 Å². The van der Waals surface area contributed by atoms with Crippen molar-refractivity contribution in [1.82, 2.24) is 5.06 Å². The summed E-state index contributed by atoms with van der Waals surface area (Å²) in [6.07, 6.45) is 1.80. The molecule has 1 unspecified atom stereocenters. The summed E-state index contributed by atoms with van der Waals surface area (Å²) in [6.45, 7) is 6.52. The third kappa shape index (κ3) is 4.66. The second kappa shape index (κ2) is 6.73. The Morgan fingerprint density at radius 1 is 1.19 bits per heavy atom. The molecule has 0 aliphatic carbocycles. The van der Waals surface area contributed by atoms with Crippen molar-refractivity contribution in [2.24, 2.45) is 0 Å². The monoisotopic (exact) mass is 297 g/mol. The first-order chi connectivity index (χ1) is 9.89. The summed E-state index contributed by atoms with van der Waals surface area (Å²) in [5.74, 6) is 0.397. The Labute approximate surface area is 125 Å². The van der Waals surface area contributed by atoms with Crippen LogP contribution in [0.3, 0.4) is 0 Å². The van der Waals surface area contributed by atoms with Crippen molar-refractivity contribution >= 4 is 0 Å². The quantitative estimate of drug-likeness (QED) is 0.834. The van der Waals surface area contributed by atoms with Gasteiger partial charge in [-0.05, 0) is 57.9 Å². The van der Waals surface area contributed by atoms with E-state index in [1.54, 1.807) is 19.2 Å². The van der Waals surface area contributed by atoms with Crippen molar-refractivity contribution in [3.05, 3.63) is 30.1 Å². The van der Waals surface area contributed by atoms with Crippen molar-refractivity contribution in [1.29, 1.82) is 0 Å². The molecule has 4 nitrogen and oxygen atoms in total. The first-order valence-corrected chi connectivity index (χ1v) is 7.27. The Balaban J connectivity index is 1.95. The number of methoxy groups -OCH3 is 1. The maximum Gasteiger partial charge on any atom is 0.133 e. The summed E-state index contributed by atoms with van der Waals surface area (Å²) in [5.41, 5.74) is -0.282. The van der Waals surface area contributed by atoms with Crippen LogP contribution in [0.2, 0.25) is 0 Å². The highest BCUT2D eigenvalue weighted by atomic mass is 19.1. The van der Waals surface area contributed by atoms with Crippen LogP contribution in [0.15, 0.2) is 24.3 Å². The van der Waals surface area contributed by atoms with Gasteiger partial charge in [0.25, 0.3) is 0 Å². The third-order valence-electron chi connectivity index (χ3n) is 3.30. The van der Waals surface area contributed by atoms with Crippen LogP contribution in [0.5, 0.6) is 5.75 Å². The molecule has 1 heterocycles. The van der Waals surface area contributed by atoms with Gasteiger partial charge in [0.2, 0.25) is 0 Å². The van der Waals surface area contributed by atoms with Crippen LogP contribution in [0.4, 0.5) is 4.39 Å². The fourth-order valence-electron chi connectivity index (χ4n) is 2.38. The fourth-order valence-corrected chi connectivity index (χ4v) is 2.38. The molecule has 0 spiro atoms. The summed E-state index contributed by atoms with van der Waals surface area (Å²) >= 11 is 0. The summed E-state index contributed by atoms with van der Waals surface area (Å²) < 4.78 is 24.1. The Hall–Kier alpha value is -1.17. The molecule has 1 fully saturated rings. The molecule has 2 atom stereocenters. The van der Waals surface area contributed by atoms with E-state index in [0.717, 1.165) is 12.8 Å².